The number of tetrazole rings is 1. The molecule has 1 saturated carbocycles. The molecule has 1 aromatic carbocycles. The molecule has 3 atom stereocenters. The van der Waals surface area contributed by atoms with Gasteiger partial charge in [0.25, 0.3) is 5.91 Å². The summed E-state index contributed by atoms with van der Waals surface area (Å²) in [4.78, 5) is 24.6. The van der Waals surface area contributed by atoms with E-state index in [1.54, 1.807) is 31.2 Å². The normalized spacial score (nSPS) is 21.0. The van der Waals surface area contributed by atoms with Gasteiger partial charge in [-0.1, -0.05) is 19.8 Å². The van der Waals surface area contributed by atoms with Crippen LogP contribution in [0.2, 0.25) is 0 Å². The van der Waals surface area contributed by atoms with Crippen LogP contribution < -0.4 is 5.32 Å². The van der Waals surface area contributed by atoms with E-state index in [1.165, 1.54) is 17.4 Å². The van der Waals surface area contributed by atoms with Crippen molar-refractivity contribution in [1.82, 2.24) is 25.5 Å². The van der Waals surface area contributed by atoms with Gasteiger partial charge >= 0.3 is 5.97 Å². The van der Waals surface area contributed by atoms with E-state index in [0.29, 0.717) is 11.5 Å². The Morgan fingerprint density at radius 3 is 2.62 bits per heavy atom. The van der Waals surface area contributed by atoms with Gasteiger partial charge in [0.05, 0.1) is 11.3 Å². The van der Waals surface area contributed by atoms with E-state index in [2.05, 4.69) is 27.8 Å². The monoisotopic (exact) mass is 357 g/mol. The van der Waals surface area contributed by atoms with Crippen molar-refractivity contribution in [3.8, 4) is 5.69 Å². The molecular weight excluding hydrogens is 334 g/mol. The van der Waals surface area contributed by atoms with Crippen LogP contribution in [0.25, 0.3) is 5.69 Å². The lowest BCUT2D eigenvalue weighted by molar-refractivity contribution is -0.130. The molecule has 0 saturated heterocycles. The van der Waals surface area contributed by atoms with E-state index in [0.717, 1.165) is 24.9 Å². The lowest BCUT2D eigenvalue weighted by Gasteiger charge is -2.30. The zero-order valence-corrected chi connectivity index (χ0v) is 15.0. The van der Waals surface area contributed by atoms with Crippen molar-refractivity contribution in [2.24, 2.45) is 5.92 Å². The minimum absolute atomic E-state index is 0.160. The molecule has 1 fully saturated rings. The number of carbonyl (C=O) groups is 2. The summed E-state index contributed by atoms with van der Waals surface area (Å²) >= 11 is 0. The molecule has 3 rings (SSSR count). The maximum absolute atomic E-state index is 12.3. The molecule has 8 heteroatoms. The van der Waals surface area contributed by atoms with E-state index in [1.807, 2.05) is 0 Å². The van der Waals surface area contributed by atoms with Gasteiger partial charge in [-0.05, 0) is 60.4 Å². The van der Waals surface area contributed by atoms with Crippen molar-refractivity contribution in [1.29, 1.82) is 0 Å². The predicted octanol–water partition coefficient (Wildman–Crippen LogP) is 1.90. The van der Waals surface area contributed by atoms with Gasteiger partial charge in [-0.15, -0.1) is 5.10 Å². The number of esters is 1. The molecule has 138 valence electrons. The Labute approximate surface area is 151 Å². The topological polar surface area (TPSA) is 99.0 Å². The highest BCUT2D eigenvalue weighted by atomic mass is 16.5. The highest BCUT2D eigenvalue weighted by molar-refractivity contribution is 5.92. The van der Waals surface area contributed by atoms with Crippen molar-refractivity contribution < 1.29 is 14.3 Å². The molecule has 8 nitrogen and oxygen atoms in total. The fraction of sp³-hybridized carbons (Fsp3) is 0.500. The van der Waals surface area contributed by atoms with E-state index < -0.39 is 12.1 Å². The Balaban J connectivity index is 1.55. The quantitative estimate of drug-likeness (QED) is 0.821. The molecule has 0 radical (unpaired) electrons. The van der Waals surface area contributed by atoms with E-state index in [-0.39, 0.29) is 11.9 Å². The van der Waals surface area contributed by atoms with Gasteiger partial charge in [0.15, 0.2) is 6.10 Å². The van der Waals surface area contributed by atoms with Crippen LogP contribution in [0.1, 0.15) is 49.9 Å². The molecule has 1 amide bonds. The number of rotatable bonds is 5. The van der Waals surface area contributed by atoms with E-state index >= 15 is 0 Å². The molecule has 0 spiro atoms. The molecule has 1 heterocycles. The lowest BCUT2D eigenvalue weighted by atomic mass is 9.86. The molecule has 0 bridgehead atoms. The van der Waals surface area contributed by atoms with Crippen LogP contribution in [0.15, 0.2) is 30.6 Å². The Morgan fingerprint density at radius 2 is 1.96 bits per heavy atom. The molecule has 1 aliphatic rings. The number of hydrogen-bond donors (Lipinski definition) is 1. The van der Waals surface area contributed by atoms with E-state index in [4.69, 9.17) is 4.74 Å². The summed E-state index contributed by atoms with van der Waals surface area (Å²) in [5, 5.41) is 13.9. The summed E-state index contributed by atoms with van der Waals surface area (Å²) in [6.45, 7) is 3.74. The van der Waals surface area contributed by atoms with Gasteiger partial charge < -0.3 is 10.1 Å². The minimum atomic E-state index is -0.837. The first-order chi connectivity index (χ1) is 12.5. The van der Waals surface area contributed by atoms with Crippen LogP contribution in [0.3, 0.4) is 0 Å². The Bertz CT molecular complexity index is 745. The highest BCUT2D eigenvalue weighted by Gasteiger charge is 2.26. The van der Waals surface area contributed by atoms with Gasteiger partial charge in [0, 0.05) is 6.04 Å². The van der Waals surface area contributed by atoms with Gasteiger partial charge in [-0.3, -0.25) is 4.79 Å². The first-order valence-corrected chi connectivity index (χ1v) is 8.89. The van der Waals surface area contributed by atoms with Gasteiger partial charge in [-0.2, -0.15) is 0 Å². The zero-order valence-electron chi connectivity index (χ0n) is 15.0. The average molecular weight is 357 g/mol. The SMILES string of the molecule is C[C@@H]1CCCC[C@@H]1NC(=O)[C@@H](C)OC(=O)c1ccc(-n2cnnn2)cc1. The molecule has 0 unspecified atom stereocenters. The third kappa shape index (κ3) is 4.25. The van der Waals surface area contributed by atoms with Crippen molar-refractivity contribution in [2.45, 2.75) is 51.7 Å². The fourth-order valence-electron chi connectivity index (χ4n) is 3.14. The second-order valence-corrected chi connectivity index (χ2v) is 6.73. The highest BCUT2D eigenvalue weighted by Crippen LogP contribution is 2.23. The van der Waals surface area contributed by atoms with Crippen molar-refractivity contribution in [2.75, 3.05) is 0 Å². The second kappa shape index (κ2) is 8.07. The Morgan fingerprint density at radius 1 is 1.23 bits per heavy atom. The fourth-order valence-corrected chi connectivity index (χ4v) is 3.14. The Kier molecular flexibility index (Phi) is 5.60. The minimum Gasteiger partial charge on any atom is -0.449 e. The van der Waals surface area contributed by atoms with Crippen molar-refractivity contribution >= 4 is 11.9 Å². The number of amides is 1. The second-order valence-electron chi connectivity index (χ2n) is 6.73. The molecule has 2 aromatic rings. The number of benzene rings is 1. The molecular formula is C18H23N5O3. The third-order valence-corrected chi connectivity index (χ3v) is 4.81. The number of carbonyl (C=O) groups excluding carboxylic acids is 2. The average Bonchev–Trinajstić information content (AvgIpc) is 3.18. The number of ether oxygens (including phenoxy) is 1. The van der Waals surface area contributed by atoms with Crippen LogP contribution in [0.4, 0.5) is 0 Å². The third-order valence-electron chi connectivity index (χ3n) is 4.81. The maximum atomic E-state index is 12.3. The molecule has 1 aliphatic carbocycles. The van der Waals surface area contributed by atoms with Gasteiger partial charge in [0.2, 0.25) is 0 Å². The number of hydrogen-bond acceptors (Lipinski definition) is 6. The van der Waals surface area contributed by atoms with Crippen LogP contribution in [0.5, 0.6) is 0 Å². The summed E-state index contributed by atoms with van der Waals surface area (Å²) in [7, 11) is 0. The van der Waals surface area contributed by atoms with Crippen LogP contribution in [0, 0.1) is 5.92 Å². The van der Waals surface area contributed by atoms with Crippen LogP contribution in [-0.2, 0) is 9.53 Å². The molecule has 26 heavy (non-hydrogen) atoms. The number of nitrogens with zero attached hydrogens (tertiary/aromatic N) is 4. The number of nitrogens with one attached hydrogen (secondary N) is 1. The van der Waals surface area contributed by atoms with Crippen molar-refractivity contribution in [3.05, 3.63) is 36.2 Å². The molecule has 1 aromatic heterocycles. The molecule has 0 aliphatic heterocycles. The van der Waals surface area contributed by atoms with E-state index in [9.17, 15) is 9.59 Å². The van der Waals surface area contributed by atoms with Gasteiger partial charge in [0.1, 0.15) is 6.33 Å². The first kappa shape index (κ1) is 18.0. The maximum Gasteiger partial charge on any atom is 0.338 e. The zero-order chi connectivity index (χ0) is 18.5. The van der Waals surface area contributed by atoms with Gasteiger partial charge in [-0.25, -0.2) is 9.48 Å². The standard InChI is InChI=1S/C18H23N5O3/c1-12-5-3-4-6-16(12)20-17(24)13(2)26-18(25)14-7-9-15(10-8-14)23-11-19-21-22-23/h7-13,16H,3-6H2,1-2H3,(H,20,24)/t12-,13-,16+/m1/s1. The van der Waals surface area contributed by atoms with Crippen LogP contribution >= 0.6 is 0 Å². The summed E-state index contributed by atoms with van der Waals surface area (Å²) in [6, 6.07) is 6.82. The predicted molar refractivity (Wildman–Crippen MR) is 93.6 cm³/mol. The summed E-state index contributed by atoms with van der Waals surface area (Å²) in [6.07, 6.45) is 5.05. The first-order valence-electron chi connectivity index (χ1n) is 8.89. The lowest BCUT2D eigenvalue weighted by Crippen LogP contribution is -2.45. The number of aromatic nitrogens is 4. The molecule has 1 N–H and O–H groups in total. The summed E-state index contributed by atoms with van der Waals surface area (Å²) in [5.74, 6) is -0.329. The Hall–Kier alpha value is -2.77. The summed E-state index contributed by atoms with van der Waals surface area (Å²) < 4.78 is 6.79. The summed E-state index contributed by atoms with van der Waals surface area (Å²) in [5.41, 5.74) is 1.09. The smallest absolute Gasteiger partial charge is 0.338 e. The van der Waals surface area contributed by atoms with Crippen molar-refractivity contribution in [3.63, 3.8) is 0 Å². The largest absolute Gasteiger partial charge is 0.449 e. The van der Waals surface area contributed by atoms with Crippen LogP contribution in [-0.4, -0.2) is 44.2 Å².